The first-order valence-electron chi connectivity index (χ1n) is 8.52. The number of amides is 1. The van der Waals surface area contributed by atoms with E-state index in [2.05, 4.69) is 5.32 Å². The summed E-state index contributed by atoms with van der Waals surface area (Å²) in [5.41, 5.74) is 0.863. The number of aryl methyl sites for hydroxylation is 1. The van der Waals surface area contributed by atoms with Crippen LogP contribution in [0.3, 0.4) is 0 Å². The largest absolute Gasteiger partial charge is 0.320 e. The molecular formula is C18H22N2O3. The monoisotopic (exact) mass is 314 g/mol. The second-order valence-electron chi connectivity index (χ2n) is 7.93. The third kappa shape index (κ3) is 2.42. The van der Waals surface area contributed by atoms with Crippen LogP contribution in [0.15, 0.2) is 18.2 Å². The topological polar surface area (TPSA) is 72.2 Å². The quantitative estimate of drug-likeness (QED) is 0.675. The van der Waals surface area contributed by atoms with Gasteiger partial charge in [0.2, 0.25) is 5.91 Å². The third-order valence-corrected chi connectivity index (χ3v) is 6.12. The minimum absolute atomic E-state index is 0.00329. The number of nitrogens with one attached hydrogen (secondary N) is 1. The minimum Gasteiger partial charge on any atom is -0.320 e. The molecule has 5 heteroatoms. The maximum Gasteiger partial charge on any atom is 0.293 e. The fourth-order valence-electron chi connectivity index (χ4n) is 5.54. The van der Waals surface area contributed by atoms with Crippen LogP contribution in [0.1, 0.15) is 44.1 Å². The minimum atomic E-state index is -0.414. The van der Waals surface area contributed by atoms with Gasteiger partial charge in [-0.1, -0.05) is 6.07 Å². The molecule has 1 aromatic rings. The SMILES string of the molecule is Cc1ccc(NC(=O)C23CC4CC(CC(C4)C2)C3)c([N+](=O)[O-])c1. The Hall–Kier alpha value is -1.91. The van der Waals surface area contributed by atoms with Gasteiger partial charge in [-0.25, -0.2) is 0 Å². The van der Waals surface area contributed by atoms with Gasteiger partial charge in [-0.15, -0.1) is 0 Å². The van der Waals surface area contributed by atoms with Crippen molar-refractivity contribution in [2.75, 3.05) is 5.32 Å². The highest BCUT2D eigenvalue weighted by molar-refractivity contribution is 5.97. The number of carbonyl (C=O) groups is 1. The fourth-order valence-corrected chi connectivity index (χ4v) is 5.54. The molecule has 4 fully saturated rings. The zero-order valence-corrected chi connectivity index (χ0v) is 13.4. The molecule has 5 rings (SSSR count). The summed E-state index contributed by atoms with van der Waals surface area (Å²) >= 11 is 0. The van der Waals surface area contributed by atoms with Crippen molar-refractivity contribution in [1.29, 1.82) is 0 Å². The number of carbonyl (C=O) groups excluding carboxylic acids is 1. The van der Waals surface area contributed by atoms with Crippen LogP contribution in [0.4, 0.5) is 11.4 Å². The van der Waals surface area contributed by atoms with Gasteiger partial charge in [-0.2, -0.15) is 0 Å². The summed E-state index contributed by atoms with van der Waals surface area (Å²) in [7, 11) is 0. The summed E-state index contributed by atoms with van der Waals surface area (Å²) in [6, 6.07) is 4.99. The second kappa shape index (κ2) is 5.05. The van der Waals surface area contributed by atoms with Crippen LogP contribution in [0.5, 0.6) is 0 Å². The molecule has 1 aromatic carbocycles. The van der Waals surface area contributed by atoms with E-state index in [-0.39, 0.29) is 17.0 Å². The van der Waals surface area contributed by atoms with E-state index in [4.69, 9.17) is 0 Å². The summed E-state index contributed by atoms with van der Waals surface area (Å²) in [6.07, 6.45) is 6.71. The van der Waals surface area contributed by atoms with E-state index in [1.807, 2.05) is 13.0 Å². The first-order valence-corrected chi connectivity index (χ1v) is 8.52. The highest BCUT2D eigenvalue weighted by Gasteiger charge is 2.54. The van der Waals surface area contributed by atoms with Crippen LogP contribution >= 0.6 is 0 Å². The Kier molecular flexibility index (Phi) is 3.22. The maximum atomic E-state index is 13.0. The highest BCUT2D eigenvalue weighted by atomic mass is 16.6. The van der Waals surface area contributed by atoms with Gasteiger partial charge in [-0.05, 0) is 74.8 Å². The van der Waals surface area contributed by atoms with Gasteiger partial charge in [0.15, 0.2) is 0 Å². The van der Waals surface area contributed by atoms with Crippen LogP contribution in [-0.4, -0.2) is 10.8 Å². The molecule has 1 amide bonds. The molecular weight excluding hydrogens is 292 g/mol. The summed E-state index contributed by atoms with van der Waals surface area (Å²) in [5, 5.41) is 14.2. The standard InChI is InChI=1S/C18H22N2O3/c1-11-2-3-15(16(4-11)20(22)23)19-17(21)18-8-12-5-13(9-18)7-14(6-12)10-18/h2-4,12-14H,5-10H2,1H3,(H,19,21). The first-order chi connectivity index (χ1) is 10.9. The number of nitro benzene ring substituents is 1. The summed E-state index contributed by atoms with van der Waals surface area (Å²) in [6.45, 7) is 1.82. The van der Waals surface area contributed by atoms with Crippen molar-refractivity contribution >= 4 is 17.3 Å². The average Bonchev–Trinajstić information content (AvgIpc) is 2.47. The zero-order chi connectivity index (χ0) is 16.2. The third-order valence-electron chi connectivity index (χ3n) is 6.12. The molecule has 0 aliphatic heterocycles. The van der Waals surface area contributed by atoms with E-state index < -0.39 is 4.92 Å². The Morgan fingerprint density at radius 2 is 1.74 bits per heavy atom. The zero-order valence-electron chi connectivity index (χ0n) is 13.4. The number of anilines is 1. The molecule has 0 atom stereocenters. The molecule has 0 saturated heterocycles. The van der Waals surface area contributed by atoms with Crippen molar-refractivity contribution in [1.82, 2.24) is 0 Å². The van der Waals surface area contributed by atoms with Crippen molar-refractivity contribution in [3.05, 3.63) is 33.9 Å². The van der Waals surface area contributed by atoms with Gasteiger partial charge in [0.05, 0.1) is 10.3 Å². The lowest BCUT2D eigenvalue weighted by Crippen LogP contribution is -2.51. The normalized spacial score (nSPS) is 34.4. The molecule has 0 aromatic heterocycles. The molecule has 4 bridgehead atoms. The van der Waals surface area contributed by atoms with Gasteiger partial charge in [0.25, 0.3) is 5.69 Å². The number of hydrogen-bond donors (Lipinski definition) is 1. The van der Waals surface area contributed by atoms with E-state index in [0.29, 0.717) is 23.4 Å². The molecule has 1 N–H and O–H groups in total. The van der Waals surface area contributed by atoms with Crippen LogP contribution in [0, 0.1) is 40.2 Å². The maximum absolute atomic E-state index is 13.0. The molecule has 4 aliphatic rings. The van der Waals surface area contributed by atoms with Gasteiger partial charge in [-0.3, -0.25) is 14.9 Å². The fraction of sp³-hybridized carbons (Fsp3) is 0.611. The van der Waals surface area contributed by atoms with Gasteiger partial charge in [0.1, 0.15) is 5.69 Å². The number of nitro groups is 1. The van der Waals surface area contributed by atoms with Crippen molar-refractivity contribution in [3.63, 3.8) is 0 Å². The molecule has 0 radical (unpaired) electrons. The van der Waals surface area contributed by atoms with E-state index in [1.54, 1.807) is 6.07 Å². The number of hydrogen-bond acceptors (Lipinski definition) is 3. The molecule has 4 aliphatic carbocycles. The Labute approximate surface area is 135 Å². The van der Waals surface area contributed by atoms with Gasteiger partial charge < -0.3 is 5.32 Å². The lowest BCUT2D eigenvalue weighted by molar-refractivity contribution is -0.384. The van der Waals surface area contributed by atoms with Gasteiger partial charge in [0, 0.05) is 6.07 Å². The Balaban J connectivity index is 1.60. The Morgan fingerprint density at radius 1 is 1.17 bits per heavy atom. The molecule has 0 heterocycles. The van der Waals surface area contributed by atoms with Crippen LogP contribution in [0.2, 0.25) is 0 Å². The number of rotatable bonds is 3. The van der Waals surface area contributed by atoms with Crippen molar-refractivity contribution in [3.8, 4) is 0 Å². The van der Waals surface area contributed by atoms with Crippen LogP contribution in [-0.2, 0) is 4.79 Å². The van der Waals surface area contributed by atoms with Crippen molar-refractivity contribution in [2.24, 2.45) is 23.2 Å². The van der Waals surface area contributed by atoms with E-state index in [1.165, 1.54) is 25.3 Å². The molecule has 23 heavy (non-hydrogen) atoms. The smallest absolute Gasteiger partial charge is 0.293 e. The average molecular weight is 314 g/mol. The van der Waals surface area contributed by atoms with Crippen molar-refractivity contribution < 1.29 is 9.72 Å². The lowest BCUT2D eigenvalue weighted by Gasteiger charge is -2.55. The van der Waals surface area contributed by atoms with Crippen molar-refractivity contribution in [2.45, 2.75) is 45.4 Å². The lowest BCUT2D eigenvalue weighted by atomic mass is 9.49. The molecule has 122 valence electrons. The molecule has 5 nitrogen and oxygen atoms in total. The summed E-state index contributed by atoms with van der Waals surface area (Å²) in [5.74, 6) is 2.04. The Bertz CT molecular complexity index is 648. The van der Waals surface area contributed by atoms with Crippen LogP contribution < -0.4 is 5.32 Å². The summed E-state index contributed by atoms with van der Waals surface area (Å²) in [4.78, 5) is 23.8. The predicted octanol–water partition coefficient (Wildman–Crippen LogP) is 4.06. The van der Waals surface area contributed by atoms with Gasteiger partial charge >= 0.3 is 0 Å². The van der Waals surface area contributed by atoms with Crippen LogP contribution in [0.25, 0.3) is 0 Å². The predicted molar refractivity (Wildman–Crippen MR) is 87.1 cm³/mol. The molecule has 0 spiro atoms. The first kappa shape index (κ1) is 14.7. The summed E-state index contributed by atoms with van der Waals surface area (Å²) < 4.78 is 0. The number of benzene rings is 1. The Morgan fingerprint density at radius 3 is 2.26 bits per heavy atom. The molecule has 0 unspecified atom stereocenters. The molecule has 4 saturated carbocycles. The highest BCUT2D eigenvalue weighted by Crippen LogP contribution is 2.60. The van der Waals surface area contributed by atoms with E-state index in [0.717, 1.165) is 24.8 Å². The van der Waals surface area contributed by atoms with E-state index in [9.17, 15) is 14.9 Å². The number of nitrogens with zero attached hydrogens (tertiary/aromatic N) is 1. The second-order valence-corrected chi connectivity index (χ2v) is 7.93. The van der Waals surface area contributed by atoms with E-state index >= 15 is 0 Å².